The number of phenolic OH excluding ortho intramolecular Hbond substituents is 2. The van der Waals surface area contributed by atoms with E-state index in [0.717, 1.165) is 24.6 Å². The van der Waals surface area contributed by atoms with Crippen LogP contribution in [0.15, 0.2) is 18.2 Å². The van der Waals surface area contributed by atoms with Crippen molar-refractivity contribution in [3.05, 3.63) is 51.6 Å². The van der Waals surface area contributed by atoms with Gasteiger partial charge in [0.25, 0.3) is 0 Å². The lowest BCUT2D eigenvalue weighted by molar-refractivity contribution is -0.258. The van der Waals surface area contributed by atoms with Gasteiger partial charge in [0, 0.05) is 66.6 Å². The third kappa shape index (κ3) is 4.84. The first kappa shape index (κ1) is 30.0. The molecular weight excluding hydrogens is 578 g/mol. The van der Waals surface area contributed by atoms with E-state index >= 15 is 0 Å². The van der Waals surface area contributed by atoms with Gasteiger partial charge in [0.2, 0.25) is 5.78 Å². The molecule has 2 aliphatic heterocycles. The van der Waals surface area contributed by atoms with Gasteiger partial charge in [-0.3, -0.25) is 19.3 Å². The Labute approximate surface area is 252 Å². The number of phenols is 2. The molecule has 0 amide bonds. The molecule has 0 radical (unpaired) electrons. The SMILES string of the molecule is COc1cccc2c1C(=O)c1c(O)c3c(c(O)c1C2=O)CC(O)(C(C)=O)CC3OC1CC(N2CCSCC2)C(O)C(C)O1. The summed E-state index contributed by atoms with van der Waals surface area (Å²) in [6.45, 7) is 4.55. The standard InChI is InChI=1S/C31H35NO10S/c1-14-26(34)18(32-7-9-43-10-8-32)11-21(41-14)42-20-13-31(39,15(2)33)12-17-23(20)30(38)25-24(28(17)36)27(35)16-5-4-6-19(40-3)22(16)29(25)37/h4-6,14,18,20-21,26,34,36,38-39H,7-13H2,1-3H3. The molecule has 11 nitrogen and oxygen atoms in total. The summed E-state index contributed by atoms with van der Waals surface area (Å²) >= 11 is 1.84. The third-order valence-electron chi connectivity index (χ3n) is 9.24. The smallest absolute Gasteiger partial charge is 0.202 e. The minimum absolute atomic E-state index is 0.00208. The van der Waals surface area contributed by atoms with Crippen molar-refractivity contribution >= 4 is 29.1 Å². The van der Waals surface area contributed by atoms with E-state index in [1.54, 1.807) is 13.0 Å². The Morgan fingerprint density at radius 3 is 2.47 bits per heavy atom. The molecule has 2 fully saturated rings. The van der Waals surface area contributed by atoms with Gasteiger partial charge in [-0.2, -0.15) is 11.8 Å². The van der Waals surface area contributed by atoms with Gasteiger partial charge in [0.1, 0.15) is 22.8 Å². The molecule has 2 aromatic carbocycles. The van der Waals surface area contributed by atoms with E-state index in [4.69, 9.17) is 14.2 Å². The summed E-state index contributed by atoms with van der Waals surface area (Å²) in [7, 11) is 1.36. The number of thioether (sulfide) groups is 1. The van der Waals surface area contributed by atoms with Crippen LogP contribution in [0.25, 0.3) is 0 Å². The van der Waals surface area contributed by atoms with Gasteiger partial charge in [0.05, 0.1) is 42.1 Å². The van der Waals surface area contributed by atoms with Gasteiger partial charge in [-0.1, -0.05) is 12.1 Å². The van der Waals surface area contributed by atoms with E-state index < -0.39 is 76.6 Å². The summed E-state index contributed by atoms with van der Waals surface area (Å²) in [4.78, 5) is 42.4. The number of ketones is 3. The van der Waals surface area contributed by atoms with Crippen LogP contribution in [-0.4, -0.2) is 105 Å². The summed E-state index contributed by atoms with van der Waals surface area (Å²) in [5.74, 6) is -1.15. The zero-order chi connectivity index (χ0) is 30.8. The number of hydrogen-bond donors (Lipinski definition) is 4. The van der Waals surface area contributed by atoms with Crippen molar-refractivity contribution in [1.82, 2.24) is 4.90 Å². The topological polar surface area (TPSA) is 163 Å². The first-order valence-electron chi connectivity index (χ1n) is 14.4. The number of aromatic hydroxyl groups is 2. The van der Waals surface area contributed by atoms with Gasteiger partial charge in [-0.05, 0) is 19.9 Å². The number of rotatable bonds is 5. The van der Waals surface area contributed by atoms with Crippen LogP contribution in [0.3, 0.4) is 0 Å². The first-order chi connectivity index (χ1) is 20.5. The molecule has 12 heteroatoms. The average Bonchev–Trinajstić information content (AvgIpc) is 2.99. The molecule has 4 N–H and O–H groups in total. The quantitative estimate of drug-likeness (QED) is 0.311. The number of methoxy groups -OCH3 is 1. The van der Waals surface area contributed by atoms with Crippen molar-refractivity contribution < 1.29 is 49.0 Å². The molecular formula is C31H35NO10S. The van der Waals surface area contributed by atoms with Crippen LogP contribution < -0.4 is 4.74 Å². The van der Waals surface area contributed by atoms with Crippen molar-refractivity contribution in [3.63, 3.8) is 0 Å². The maximum atomic E-state index is 13.8. The molecule has 0 spiro atoms. The molecule has 2 aromatic rings. The lowest BCUT2D eigenvalue weighted by Gasteiger charge is -2.46. The van der Waals surface area contributed by atoms with Crippen LogP contribution >= 0.6 is 11.8 Å². The largest absolute Gasteiger partial charge is 0.507 e. The first-order valence-corrected chi connectivity index (χ1v) is 15.5. The monoisotopic (exact) mass is 613 g/mol. The number of Topliss-reactive ketones (excluding diaryl/α,β-unsaturated/α-hetero) is 1. The summed E-state index contributed by atoms with van der Waals surface area (Å²) in [6.07, 6.45) is -3.86. The van der Waals surface area contributed by atoms with Crippen LogP contribution in [0.5, 0.6) is 17.2 Å². The number of carbonyl (C=O) groups excluding carboxylic acids is 3. The van der Waals surface area contributed by atoms with Gasteiger partial charge < -0.3 is 34.6 Å². The van der Waals surface area contributed by atoms with Gasteiger partial charge in [-0.25, -0.2) is 0 Å². The highest BCUT2D eigenvalue weighted by Gasteiger charge is 2.50. The normalized spacial score (nSPS) is 30.8. The Morgan fingerprint density at radius 1 is 1.09 bits per heavy atom. The minimum atomic E-state index is -1.98. The number of benzene rings is 2. The summed E-state index contributed by atoms with van der Waals surface area (Å²) < 4.78 is 17.7. The van der Waals surface area contributed by atoms with Crippen LogP contribution in [0.4, 0.5) is 0 Å². The van der Waals surface area contributed by atoms with E-state index in [1.165, 1.54) is 26.2 Å². The van der Waals surface area contributed by atoms with Crippen LogP contribution in [0.1, 0.15) is 75.8 Å². The predicted octanol–water partition coefficient (Wildman–Crippen LogP) is 2.12. The Balaban J connectivity index is 1.44. The summed E-state index contributed by atoms with van der Waals surface area (Å²) in [5, 5.41) is 45.6. The molecule has 6 rings (SSSR count). The van der Waals surface area contributed by atoms with Crippen LogP contribution in [-0.2, 0) is 20.7 Å². The Morgan fingerprint density at radius 2 is 1.79 bits per heavy atom. The zero-order valence-corrected chi connectivity index (χ0v) is 25.0. The second kappa shape index (κ2) is 11.2. The highest BCUT2D eigenvalue weighted by molar-refractivity contribution is 7.99. The Kier molecular flexibility index (Phi) is 7.81. The Hall–Kier alpha value is -3.00. The van der Waals surface area contributed by atoms with Crippen molar-refractivity contribution in [3.8, 4) is 17.2 Å². The fourth-order valence-electron chi connectivity index (χ4n) is 6.87. The van der Waals surface area contributed by atoms with E-state index in [9.17, 15) is 34.8 Å². The van der Waals surface area contributed by atoms with E-state index in [2.05, 4.69) is 4.90 Å². The van der Waals surface area contributed by atoms with E-state index in [1.807, 2.05) is 11.8 Å². The molecule has 4 aliphatic rings. The number of carbonyl (C=O) groups is 3. The highest BCUT2D eigenvalue weighted by Crippen LogP contribution is 2.52. The van der Waals surface area contributed by atoms with Gasteiger partial charge >= 0.3 is 0 Å². The second-order valence-corrected chi connectivity index (χ2v) is 12.9. The van der Waals surface area contributed by atoms with Crippen molar-refractivity contribution in [2.45, 2.75) is 69.4 Å². The average molecular weight is 614 g/mol. The lowest BCUT2D eigenvalue weighted by atomic mass is 9.72. The lowest BCUT2D eigenvalue weighted by Crippen LogP contribution is -2.57. The molecule has 6 unspecified atom stereocenters. The molecule has 6 atom stereocenters. The number of aliphatic hydroxyl groups excluding tert-OH is 1. The maximum absolute atomic E-state index is 13.8. The van der Waals surface area contributed by atoms with Crippen LogP contribution in [0.2, 0.25) is 0 Å². The molecule has 0 bridgehead atoms. The summed E-state index contributed by atoms with van der Waals surface area (Å²) in [6, 6.07) is 4.23. The fraction of sp³-hybridized carbons (Fsp3) is 0.516. The number of nitrogens with zero attached hydrogens (tertiary/aromatic N) is 1. The van der Waals surface area contributed by atoms with E-state index in [-0.39, 0.29) is 46.9 Å². The summed E-state index contributed by atoms with van der Waals surface area (Å²) in [5.41, 5.74) is -2.85. The molecule has 0 saturated carbocycles. The molecule has 2 saturated heterocycles. The van der Waals surface area contributed by atoms with Crippen molar-refractivity contribution in [2.24, 2.45) is 0 Å². The van der Waals surface area contributed by atoms with Crippen molar-refractivity contribution in [1.29, 1.82) is 0 Å². The predicted molar refractivity (Wildman–Crippen MR) is 155 cm³/mol. The number of hydrogen-bond acceptors (Lipinski definition) is 12. The van der Waals surface area contributed by atoms with Gasteiger partial charge in [0.15, 0.2) is 17.9 Å². The molecule has 0 aromatic heterocycles. The second-order valence-electron chi connectivity index (χ2n) is 11.7. The molecule has 2 heterocycles. The number of fused-ring (bicyclic) bond motifs is 3. The Bertz CT molecular complexity index is 1500. The van der Waals surface area contributed by atoms with Gasteiger partial charge in [-0.15, -0.1) is 0 Å². The third-order valence-corrected chi connectivity index (χ3v) is 10.2. The fourth-order valence-corrected chi connectivity index (χ4v) is 7.80. The maximum Gasteiger partial charge on any atom is 0.202 e. The highest BCUT2D eigenvalue weighted by atomic mass is 32.2. The molecule has 2 aliphatic carbocycles. The molecule has 43 heavy (non-hydrogen) atoms. The molecule has 230 valence electrons. The van der Waals surface area contributed by atoms with Crippen LogP contribution in [0, 0.1) is 0 Å². The number of ether oxygens (including phenoxy) is 3. The number of aliphatic hydroxyl groups is 2. The zero-order valence-electron chi connectivity index (χ0n) is 24.2. The van der Waals surface area contributed by atoms with Crippen molar-refractivity contribution in [2.75, 3.05) is 31.7 Å². The van der Waals surface area contributed by atoms with E-state index in [0.29, 0.717) is 0 Å². The minimum Gasteiger partial charge on any atom is -0.507 e.